The van der Waals surface area contributed by atoms with E-state index in [2.05, 4.69) is 41.4 Å². The predicted octanol–water partition coefficient (Wildman–Crippen LogP) is 3.19. The third-order valence-corrected chi connectivity index (χ3v) is 5.47. The van der Waals surface area contributed by atoms with E-state index in [0.717, 1.165) is 31.5 Å². The van der Waals surface area contributed by atoms with Crippen LogP contribution in [-0.4, -0.2) is 39.3 Å². The van der Waals surface area contributed by atoms with E-state index < -0.39 is 0 Å². The maximum atomic E-state index is 12.5. The number of carbonyl (C=O) groups is 1. The van der Waals surface area contributed by atoms with Crippen molar-refractivity contribution in [1.82, 2.24) is 5.32 Å². The van der Waals surface area contributed by atoms with Crippen LogP contribution in [0.2, 0.25) is 0 Å². The van der Waals surface area contributed by atoms with E-state index in [1.807, 2.05) is 18.2 Å². The van der Waals surface area contributed by atoms with E-state index in [1.165, 1.54) is 11.3 Å². The van der Waals surface area contributed by atoms with Crippen LogP contribution in [0.1, 0.15) is 36.4 Å². The number of nitrogens with two attached hydrogens (primary N) is 1. The molecule has 0 saturated carbocycles. The van der Waals surface area contributed by atoms with Crippen molar-refractivity contribution >= 4 is 11.6 Å². The first-order chi connectivity index (χ1) is 14.0. The second kappa shape index (κ2) is 9.65. The Bertz CT molecular complexity index is 832. The lowest BCUT2D eigenvalue weighted by Gasteiger charge is -2.34. The Hall–Kier alpha value is -2.73. The number of rotatable bonds is 7. The van der Waals surface area contributed by atoms with Crippen LogP contribution in [0.3, 0.4) is 0 Å². The summed E-state index contributed by atoms with van der Waals surface area (Å²) in [6, 6.07) is 13.9. The van der Waals surface area contributed by atoms with Gasteiger partial charge in [-0.2, -0.15) is 0 Å². The fourth-order valence-electron chi connectivity index (χ4n) is 3.79. The number of hydrogen-bond donors (Lipinski definition) is 2. The van der Waals surface area contributed by atoms with Gasteiger partial charge in [0.25, 0.3) is 0 Å². The average molecular weight is 398 g/mol. The fraction of sp³-hybridized carbons (Fsp3) is 0.435. The molecule has 0 bridgehead atoms. The van der Waals surface area contributed by atoms with Crippen molar-refractivity contribution in [3.63, 3.8) is 0 Å². The van der Waals surface area contributed by atoms with Gasteiger partial charge in [0.2, 0.25) is 5.91 Å². The molecule has 29 heavy (non-hydrogen) atoms. The molecular formula is C23H31N3O3. The van der Waals surface area contributed by atoms with Crippen LogP contribution >= 0.6 is 0 Å². The number of amides is 1. The number of hydrogen-bond acceptors (Lipinski definition) is 5. The summed E-state index contributed by atoms with van der Waals surface area (Å²) in [5.74, 6) is 1.25. The summed E-state index contributed by atoms with van der Waals surface area (Å²) in [7, 11) is 3.18. The quantitative estimate of drug-likeness (QED) is 0.750. The van der Waals surface area contributed by atoms with Gasteiger partial charge in [-0.05, 0) is 55.2 Å². The van der Waals surface area contributed by atoms with Gasteiger partial charge in [-0.1, -0.05) is 18.2 Å². The molecule has 1 atom stereocenters. The molecule has 2 aromatic carbocycles. The molecule has 0 radical (unpaired) electrons. The largest absolute Gasteiger partial charge is 0.493 e. The Morgan fingerprint density at radius 2 is 1.86 bits per heavy atom. The van der Waals surface area contributed by atoms with Crippen molar-refractivity contribution in [3.8, 4) is 11.5 Å². The molecule has 3 N–H and O–H groups in total. The van der Waals surface area contributed by atoms with Gasteiger partial charge in [0.05, 0.1) is 14.2 Å². The first kappa shape index (κ1) is 21.0. The van der Waals surface area contributed by atoms with Gasteiger partial charge in [0, 0.05) is 37.3 Å². The van der Waals surface area contributed by atoms with Crippen molar-refractivity contribution in [3.05, 3.63) is 53.6 Å². The Morgan fingerprint density at radius 1 is 1.14 bits per heavy atom. The van der Waals surface area contributed by atoms with Gasteiger partial charge in [0.15, 0.2) is 11.5 Å². The monoisotopic (exact) mass is 397 g/mol. The summed E-state index contributed by atoms with van der Waals surface area (Å²) in [6.07, 6.45) is 2.12. The van der Waals surface area contributed by atoms with Crippen molar-refractivity contribution in [1.29, 1.82) is 0 Å². The smallest absolute Gasteiger partial charge is 0.222 e. The number of anilines is 1. The molecule has 0 aromatic heterocycles. The maximum absolute atomic E-state index is 12.5. The molecule has 1 aliphatic rings. The molecule has 1 aliphatic heterocycles. The number of piperidine rings is 1. The molecule has 1 amide bonds. The molecule has 1 heterocycles. The lowest BCUT2D eigenvalue weighted by Crippen LogP contribution is -2.45. The summed E-state index contributed by atoms with van der Waals surface area (Å²) < 4.78 is 10.6. The highest BCUT2D eigenvalue weighted by atomic mass is 16.5. The number of nitrogens with one attached hydrogen (secondary N) is 1. The van der Waals surface area contributed by atoms with Crippen LogP contribution in [0.5, 0.6) is 11.5 Å². The van der Waals surface area contributed by atoms with Crippen molar-refractivity contribution in [2.24, 2.45) is 5.73 Å². The Morgan fingerprint density at radius 3 is 2.52 bits per heavy atom. The SMILES string of the molecule is COc1ccc([C@@H](N)CC(=O)NC2CCN(c3cccc(C)c3)CC2)cc1OC. The zero-order valence-electron chi connectivity index (χ0n) is 17.5. The molecule has 2 aromatic rings. The van der Waals surface area contributed by atoms with E-state index in [-0.39, 0.29) is 24.4 Å². The van der Waals surface area contributed by atoms with Crippen molar-refractivity contribution in [2.45, 2.75) is 38.3 Å². The fourth-order valence-corrected chi connectivity index (χ4v) is 3.79. The minimum atomic E-state index is -0.387. The summed E-state index contributed by atoms with van der Waals surface area (Å²) in [6.45, 7) is 3.99. The molecule has 1 saturated heterocycles. The normalized spacial score (nSPS) is 15.7. The van der Waals surface area contributed by atoms with Gasteiger partial charge in [0.1, 0.15) is 0 Å². The number of nitrogens with zero attached hydrogens (tertiary/aromatic N) is 1. The summed E-state index contributed by atoms with van der Waals surface area (Å²) >= 11 is 0. The second-order valence-corrected chi connectivity index (χ2v) is 7.59. The van der Waals surface area contributed by atoms with Crippen LogP contribution in [0, 0.1) is 6.92 Å². The standard InChI is InChI=1S/C23H31N3O3/c1-16-5-4-6-19(13-16)26-11-9-18(10-12-26)25-23(27)15-20(24)17-7-8-21(28-2)22(14-17)29-3/h4-8,13-14,18,20H,9-12,15,24H2,1-3H3,(H,25,27)/t20-/m0/s1. The topological polar surface area (TPSA) is 76.8 Å². The minimum absolute atomic E-state index is 0.0127. The average Bonchev–Trinajstić information content (AvgIpc) is 2.73. The number of aryl methyl sites for hydroxylation is 1. The van der Waals surface area contributed by atoms with Crippen molar-refractivity contribution < 1.29 is 14.3 Å². The lowest BCUT2D eigenvalue weighted by molar-refractivity contribution is -0.122. The van der Waals surface area contributed by atoms with Gasteiger partial charge in [-0.15, -0.1) is 0 Å². The van der Waals surface area contributed by atoms with E-state index in [0.29, 0.717) is 11.5 Å². The molecule has 0 spiro atoms. The van der Waals surface area contributed by atoms with E-state index in [4.69, 9.17) is 15.2 Å². The molecular weight excluding hydrogens is 366 g/mol. The molecule has 3 rings (SSSR count). The minimum Gasteiger partial charge on any atom is -0.493 e. The molecule has 0 aliphatic carbocycles. The van der Waals surface area contributed by atoms with Gasteiger partial charge in [-0.25, -0.2) is 0 Å². The molecule has 0 unspecified atom stereocenters. The van der Waals surface area contributed by atoms with Crippen LogP contribution in [-0.2, 0) is 4.79 Å². The number of benzene rings is 2. The van der Waals surface area contributed by atoms with Gasteiger partial charge >= 0.3 is 0 Å². The van der Waals surface area contributed by atoms with E-state index in [9.17, 15) is 4.79 Å². The maximum Gasteiger partial charge on any atom is 0.222 e. The highest BCUT2D eigenvalue weighted by Crippen LogP contribution is 2.30. The first-order valence-corrected chi connectivity index (χ1v) is 10.1. The highest BCUT2D eigenvalue weighted by Gasteiger charge is 2.22. The third kappa shape index (κ3) is 5.41. The van der Waals surface area contributed by atoms with E-state index >= 15 is 0 Å². The number of carbonyl (C=O) groups excluding carboxylic acids is 1. The first-order valence-electron chi connectivity index (χ1n) is 10.1. The second-order valence-electron chi connectivity index (χ2n) is 7.59. The summed E-state index contributed by atoms with van der Waals surface area (Å²) in [5.41, 5.74) is 9.64. The molecule has 156 valence electrons. The Balaban J connectivity index is 1.50. The van der Waals surface area contributed by atoms with Crippen LogP contribution in [0.25, 0.3) is 0 Å². The Labute approximate surface area is 173 Å². The lowest BCUT2D eigenvalue weighted by atomic mass is 10.0. The van der Waals surface area contributed by atoms with Crippen LogP contribution < -0.4 is 25.4 Å². The Kier molecular flexibility index (Phi) is 6.99. The van der Waals surface area contributed by atoms with Gasteiger partial charge in [-0.3, -0.25) is 4.79 Å². The zero-order valence-corrected chi connectivity index (χ0v) is 17.5. The van der Waals surface area contributed by atoms with E-state index in [1.54, 1.807) is 14.2 Å². The summed E-state index contributed by atoms with van der Waals surface area (Å²) in [4.78, 5) is 14.9. The highest BCUT2D eigenvalue weighted by molar-refractivity contribution is 5.77. The molecule has 6 nitrogen and oxygen atoms in total. The van der Waals surface area contributed by atoms with Crippen molar-refractivity contribution in [2.75, 3.05) is 32.2 Å². The zero-order chi connectivity index (χ0) is 20.8. The summed E-state index contributed by atoms with van der Waals surface area (Å²) in [5, 5.41) is 3.15. The number of methoxy groups -OCH3 is 2. The molecule has 1 fully saturated rings. The van der Waals surface area contributed by atoms with Crippen LogP contribution in [0.4, 0.5) is 5.69 Å². The van der Waals surface area contributed by atoms with Crippen LogP contribution in [0.15, 0.2) is 42.5 Å². The predicted molar refractivity (Wildman–Crippen MR) is 116 cm³/mol. The number of ether oxygens (including phenoxy) is 2. The third-order valence-electron chi connectivity index (χ3n) is 5.47. The van der Waals surface area contributed by atoms with Gasteiger partial charge < -0.3 is 25.4 Å². The molecule has 6 heteroatoms.